The molecule has 0 spiro atoms. The quantitative estimate of drug-likeness (QED) is 0.445. The van der Waals surface area contributed by atoms with E-state index in [0.29, 0.717) is 48.4 Å². The summed E-state index contributed by atoms with van der Waals surface area (Å²) < 4.78 is 32.3. The van der Waals surface area contributed by atoms with Gasteiger partial charge >= 0.3 is 5.97 Å². The normalized spacial score (nSPS) is 19.9. The summed E-state index contributed by atoms with van der Waals surface area (Å²) in [6.07, 6.45) is 2.10. The number of ether oxygens (including phenoxy) is 1. The molecule has 0 aliphatic carbocycles. The first kappa shape index (κ1) is 23.8. The lowest BCUT2D eigenvalue weighted by atomic mass is 10.2. The molecule has 0 N–H and O–H groups in total. The number of hydrogen-bond donors (Lipinski definition) is 0. The average Bonchev–Trinajstić information content (AvgIpc) is 3.09. The standard InChI is InChI=1S/C21H29N3O5S2/c1-16-5-6-17(2)18(13-16)31(27,28)23-11-9-22(10-12-23)7-4-8-24-19(25)15-30-20(24)14-21(26)29-3/h5-6,13-14H,4,7-12,15H2,1-3H3/b20-14-. The summed E-state index contributed by atoms with van der Waals surface area (Å²) in [7, 11) is -2.19. The molecule has 0 bridgehead atoms. The van der Waals surface area contributed by atoms with Crippen LogP contribution in [0.3, 0.4) is 0 Å². The Balaban J connectivity index is 1.51. The van der Waals surface area contributed by atoms with Crippen molar-refractivity contribution in [3.63, 3.8) is 0 Å². The SMILES string of the molecule is COC(=O)/C=C1\SCC(=O)N1CCCN1CCN(S(=O)(=O)c2cc(C)ccc2C)CC1. The predicted octanol–water partition coefficient (Wildman–Crippen LogP) is 1.59. The number of carbonyl (C=O) groups excluding carboxylic acids is 2. The van der Waals surface area contributed by atoms with Crippen LogP contribution in [0, 0.1) is 13.8 Å². The highest BCUT2D eigenvalue weighted by Crippen LogP contribution is 2.29. The highest BCUT2D eigenvalue weighted by molar-refractivity contribution is 8.04. The Morgan fingerprint density at radius 3 is 2.55 bits per heavy atom. The summed E-state index contributed by atoms with van der Waals surface area (Å²) in [6, 6.07) is 5.50. The number of rotatable bonds is 7. The van der Waals surface area contributed by atoms with Gasteiger partial charge in [0.2, 0.25) is 15.9 Å². The fraction of sp³-hybridized carbons (Fsp3) is 0.524. The van der Waals surface area contributed by atoms with Gasteiger partial charge in [-0.15, -0.1) is 0 Å². The first-order valence-corrected chi connectivity index (χ1v) is 12.7. The van der Waals surface area contributed by atoms with E-state index in [2.05, 4.69) is 9.64 Å². The van der Waals surface area contributed by atoms with E-state index in [-0.39, 0.29) is 5.91 Å². The maximum Gasteiger partial charge on any atom is 0.333 e. The first-order valence-electron chi connectivity index (χ1n) is 10.2. The second kappa shape index (κ2) is 10.2. The van der Waals surface area contributed by atoms with Gasteiger partial charge in [0, 0.05) is 32.7 Å². The number of esters is 1. The topological polar surface area (TPSA) is 87.2 Å². The fourth-order valence-electron chi connectivity index (χ4n) is 3.70. The van der Waals surface area contributed by atoms with E-state index in [4.69, 9.17) is 0 Å². The van der Waals surface area contributed by atoms with Crippen molar-refractivity contribution in [2.45, 2.75) is 25.2 Å². The molecule has 2 heterocycles. The van der Waals surface area contributed by atoms with E-state index in [1.54, 1.807) is 15.3 Å². The molecule has 2 saturated heterocycles. The molecule has 1 aromatic carbocycles. The van der Waals surface area contributed by atoms with E-state index in [9.17, 15) is 18.0 Å². The van der Waals surface area contributed by atoms with Crippen molar-refractivity contribution in [1.29, 1.82) is 0 Å². The zero-order chi connectivity index (χ0) is 22.6. The Kier molecular flexibility index (Phi) is 7.79. The number of piperazine rings is 1. The minimum absolute atomic E-state index is 0.00964. The zero-order valence-corrected chi connectivity index (χ0v) is 19.8. The van der Waals surface area contributed by atoms with E-state index in [1.807, 2.05) is 26.0 Å². The van der Waals surface area contributed by atoms with Crippen molar-refractivity contribution in [3.05, 3.63) is 40.4 Å². The second-order valence-corrected chi connectivity index (χ2v) is 10.6. The van der Waals surface area contributed by atoms with Crippen LogP contribution in [0.4, 0.5) is 0 Å². The fourth-order valence-corrected chi connectivity index (χ4v) is 6.39. The summed E-state index contributed by atoms with van der Waals surface area (Å²) in [5.74, 6) is -0.148. The van der Waals surface area contributed by atoms with Gasteiger partial charge in [0.15, 0.2) is 0 Å². The Hall–Kier alpha value is -1.88. The van der Waals surface area contributed by atoms with Crippen LogP contribution in [0.2, 0.25) is 0 Å². The number of amides is 1. The van der Waals surface area contributed by atoms with E-state index in [0.717, 1.165) is 24.1 Å². The number of aryl methyl sites for hydroxylation is 2. The van der Waals surface area contributed by atoms with Gasteiger partial charge in [-0.3, -0.25) is 4.79 Å². The van der Waals surface area contributed by atoms with Crippen LogP contribution in [-0.4, -0.2) is 86.5 Å². The van der Waals surface area contributed by atoms with Gasteiger partial charge < -0.3 is 14.5 Å². The van der Waals surface area contributed by atoms with Gasteiger partial charge in [0.05, 0.1) is 28.9 Å². The molecule has 2 fully saturated rings. The van der Waals surface area contributed by atoms with Crippen LogP contribution in [0.15, 0.2) is 34.2 Å². The summed E-state index contributed by atoms with van der Waals surface area (Å²) in [5, 5.41) is 0.626. The monoisotopic (exact) mass is 467 g/mol. The van der Waals surface area contributed by atoms with Crippen molar-refractivity contribution >= 4 is 33.7 Å². The number of methoxy groups -OCH3 is 1. The van der Waals surface area contributed by atoms with Gasteiger partial charge in [0.25, 0.3) is 0 Å². The third-order valence-corrected chi connectivity index (χ3v) is 8.57. The first-order chi connectivity index (χ1) is 14.7. The maximum atomic E-state index is 13.1. The smallest absolute Gasteiger partial charge is 0.333 e. The van der Waals surface area contributed by atoms with E-state index >= 15 is 0 Å². The van der Waals surface area contributed by atoms with Crippen molar-refractivity contribution in [2.24, 2.45) is 0 Å². The van der Waals surface area contributed by atoms with Crippen molar-refractivity contribution < 1.29 is 22.7 Å². The lowest BCUT2D eigenvalue weighted by Gasteiger charge is -2.34. The van der Waals surface area contributed by atoms with Crippen LogP contribution >= 0.6 is 11.8 Å². The maximum absolute atomic E-state index is 13.1. The Morgan fingerprint density at radius 2 is 1.87 bits per heavy atom. The molecule has 31 heavy (non-hydrogen) atoms. The molecular formula is C21H29N3O5S2. The molecule has 0 unspecified atom stereocenters. The van der Waals surface area contributed by atoms with E-state index < -0.39 is 16.0 Å². The number of hydrogen-bond acceptors (Lipinski definition) is 7. The Morgan fingerprint density at radius 1 is 1.16 bits per heavy atom. The van der Waals surface area contributed by atoms with Crippen molar-refractivity contribution in [2.75, 3.05) is 52.1 Å². The number of benzene rings is 1. The largest absolute Gasteiger partial charge is 0.466 e. The molecule has 0 radical (unpaired) electrons. The van der Waals surface area contributed by atoms with Crippen molar-refractivity contribution in [3.8, 4) is 0 Å². The van der Waals surface area contributed by atoms with E-state index in [1.165, 1.54) is 24.9 Å². The second-order valence-electron chi connectivity index (χ2n) is 7.71. The zero-order valence-electron chi connectivity index (χ0n) is 18.2. The molecule has 2 aliphatic heterocycles. The van der Waals surface area contributed by atoms with Crippen molar-refractivity contribution in [1.82, 2.24) is 14.1 Å². The molecule has 170 valence electrons. The van der Waals surface area contributed by atoms with Gasteiger partial charge in [-0.05, 0) is 44.0 Å². The summed E-state index contributed by atoms with van der Waals surface area (Å²) in [5.41, 5.74) is 1.69. The molecule has 8 nitrogen and oxygen atoms in total. The molecule has 10 heteroatoms. The molecule has 0 aromatic heterocycles. The Labute approximate surface area is 188 Å². The molecule has 0 atom stereocenters. The summed E-state index contributed by atoms with van der Waals surface area (Å²) in [6.45, 7) is 7.20. The van der Waals surface area contributed by atoms with Gasteiger partial charge in [0.1, 0.15) is 0 Å². The molecular weight excluding hydrogens is 438 g/mol. The van der Waals surface area contributed by atoms with Gasteiger partial charge in [-0.2, -0.15) is 4.31 Å². The molecule has 0 saturated carbocycles. The van der Waals surface area contributed by atoms with Crippen LogP contribution in [0.1, 0.15) is 17.5 Å². The molecule has 3 rings (SSSR count). The predicted molar refractivity (Wildman–Crippen MR) is 120 cm³/mol. The van der Waals surface area contributed by atoms with Crippen LogP contribution in [-0.2, 0) is 24.3 Å². The number of carbonyl (C=O) groups is 2. The third kappa shape index (κ3) is 5.68. The Bertz CT molecular complexity index is 969. The lowest BCUT2D eigenvalue weighted by Crippen LogP contribution is -2.49. The number of nitrogens with zero attached hydrogens (tertiary/aromatic N) is 3. The minimum Gasteiger partial charge on any atom is -0.466 e. The van der Waals surface area contributed by atoms with Crippen LogP contribution in [0.25, 0.3) is 0 Å². The van der Waals surface area contributed by atoms with Crippen LogP contribution < -0.4 is 0 Å². The molecule has 2 aliphatic rings. The highest BCUT2D eigenvalue weighted by Gasteiger charge is 2.30. The average molecular weight is 468 g/mol. The lowest BCUT2D eigenvalue weighted by molar-refractivity contribution is -0.134. The van der Waals surface area contributed by atoms with Crippen LogP contribution in [0.5, 0.6) is 0 Å². The van der Waals surface area contributed by atoms with Gasteiger partial charge in [-0.25, -0.2) is 13.2 Å². The van der Waals surface area contributed by atoms with Gasteiger partial charge in [-0.1, -0.05) is 23.9 Å². The number of thioether (sulfide) groups is 1. The highest BCUT2D eigenvalue weighted by atomic mass is 32.2. The molecule has 1 amide bonds. The number of sulfonamides is 1. The third-order valence-electron chi connectivity index (χ3n) is 5.50. The minimum atomic E-state index is -3.50. The summed E-state index contributed by atoms with van der Waals surface area (Å²) >= 11 is 1.34. The summed E-state index contributed by atoms with van der Waals surface area (Å²) in [4.78, 5) is 27.8. The molecule has 1 aromatic rings.